The van der Waals surface area contributed by atoms with E-state index in [0.717, 1.165) is 12.1 Å². The van der Waals surface area contributed by atoms with E-state index in [2.05, 4.69) is 23.0 Å². The molecule has 0 aliphatic carbocycles. The molecule has 1 heteroatoms. The van der Waals surface area contributed by atoms with Gasteiger partial charge in [-0.15, -0.1) is 6.42 Å². The van der Waals surface area contributed by atoms with Crippen molar-refractivity contribution in [3.05, 3.63) is 35.4 Å². The fourth-order valence-electron chi connectivity index (χ4n) is 2.26. The van der Waals surface area contributed by atoms with Crippen LogP contribution >= 0.6 is 0 Å². The second-order valence-corrected chi connectivity index (χ2v) is 4.53. The first-order valence-corrected chi connectivity index (χ1v) is 6.16. The molecular formula is C15H19N. The summed E-state index contributed by atoms with van der Waals surface area (Å²) < 4.78 is 0. The van der Waals surface area contributed by atoms with Crippen LogP contribution in [0, 0.1) is 12.3 Å². The summed E-state index contributed by atoms with van der Waals surface area (Å²) in [6.45, 7) is 3.57. The van der Waals surface area contributed by atoms with E-state index in [1.807, 2.05) is 12.1 Å². The zero-order chi connectivity index (χ0) is 11.2. The van der Waals surface area contributed by atoms with Gasteiger partial charge in [0.25, 0.3) is 0 Å². The number of nitrogens with zero attached hydrogens (tertiary/aromatic N) is 1. The fourth-order valence-corrected chi connectivity index (χ4v) is 2.26. The quantitative estimate of drug-likeness (QED) is 0.682. The first-order valence-electron chi connectivity index (χ1n) is 6.16. The van der Waals surface area contributed by atoms with E-state index >= 15 is 0 Å². The predicted molar refractivity (Wildman–Crippen MR) is 68.1 cm³/mol. The number of benzene rings is 1. The third-order valence-electron chi connectivity index (χ3n) is 3.23. The van der Waals surface area contributed by atoms with Crippen molar-refractivity contribution in [2.45, 2.75) is 32.2 Å². The predicted octanol–water partition coefficient (Wildman–Crippen LogP) is 3.04. The van der Waals surface area contributed by atoms with Gasteiger partial charge in [0.05, 0.1) is 0 Å². The molecule has 2 rings (SSSR count). The molecule has 1 aliphatic heterocycles. The van der Waals surface area contributed by atoms with Gasteiger partial charge in [-0.2, -0.15) is 0 Å². The highest BCUT2D eigenvalue weighted by atomic mass is 15.1. The van der Waals surface area contributed by atoms with Crippen LogP contribution in [0.15, 0.2) is 24.3 Å². The minimum absolute atomic E-state index is 0.972. The molecule has 1 aliphatic rings. The van der Waals surface area contributed by atoms with Crippen molar-refractivity contribution in [3.63, 3.8) is 0 Å². The minimum Gasteiger partial charge on any atom is -0.299 e. The lowest BCUT2D eigenvalue weighted by Crippen LogP contribution is -2.23. The van der Waals surface area contributed by atoms with Crippen molar-refractivity contribution < 1.29 is 0 Å². The van der Waals surface area contributed by atoms with Crippen LogP contribution in [0.3, 0.4) is 0 Å². The summed E-state index contributed by atoms with van der Waals surface area (Å²) in [6.07, 6.45) is 10.8. The molecule has 0 atom stereocenters. The van der Waals surface area contributed by atoms with Crippen molar-refractivity contribution in [2.24, 2.45) is 0 Å². The van der Waals surface area contributed by atoms with Crippen molar-refractivity contribution in [3.8, 4) is 12.3 Å². The molecule has 0 bridgehead atoms. The molecule has 0 saturated carbocycles. The third kappa shape index (κ3) is 3.12. The fraction of sp³-hybridized carbons (Fsp3) is 0.467. The van der Waals surface area contributed by atoms with Gasteiger partial charge in [0.1, 0.15) is 0 Å². The average Bonchev–Trinajstić information content (AvgIpc) is 2.59. The summed E-state index contributed by atoms with van der Waals surface area (Å²) in [6, 6.07) is 8.38. The van der Waals surface area contributed by atoms with E-state index < -0.39 is 0 Å². The van der Waals surface area contributed by atoms with Crippen LogP contribution in [0.1, 0.15) is 36.8 Å². The smallest absolute Gasteiger partial charge is 0.0242 e. The Labute approximate surface area is 98.5 Å². The molecule has 0 spiro atoms. The van der Waals surface area contributed by atoms with Gasteiger partial charge in [-0.1, -0.05) is 30.9 Å². The summed E-state index contributed by atoms with van der Waals surface area (Å²) in [4.78, 5) is 2.55. The Balaban J connectivity index is 1.94. The standard InChI is InChI=1S/C15H19N/c1-2-14-7-9-15(10-8-14)13-16-11-5-3-4-6-12-16/h1,7-10H,3-6,11-13H2. The lowest BCUT2D eigenvalue weighted by molar-refractivity contribution is 0.277. The van der Waals surface area contributed by atoms with Crippen molar-refractivity contribution in [1.29, 1.82) is 0 Å². The van der Waals surface area contributed by atoms with Crippen LogP contribution in [0.2, 0.25) is 0 Å². The van der Waals surface area contributed by atoms with Crippen LogP contribution in [-0.2, 0) is 6.54 Å². The van der Waals surface area contributed by atoms with Gasteiger partial charge in [0, 0.05) is 12.1 Å². The van der Waals surface area contributed by atoms with E-state index in [4.69, 9.17) is 6.42 Å². The lowest BCUT2D eigenvalue weighted by atomic mass is 10.1. The normalized spacial score (nSPS) is 17.7. The zero-order valence-corrected chi connectivity index (χ0v) is 9.78. The third-order valence-corrected chi connectivity index (χ3v) is 3.23. The van der Waals surface area contributed by atoms with Crippen LogP contribution in [0.5, 0.6) is 0 Å². The van der Waals surface area contributed by atoms with Crippen molar-refractivity contribution in [1.82, 2.24) is 4.90 Å². The molecule has 84 valence electrons. The Bertz CT molecular complexity index is 350. The maximum atomic E-state index is 5.34. The van der Waals surface area contributed by atoms with Crippen LogP contribution in [-0.4, -0.2) is 18.0 Å². The van der Waals surface area contributed by atoms with E-state index in [1.54, 1.807) is 0 Å². The van der Waals surface area contributed by atoms with Crippen LogP contribution < -0.4 is 0 Å². The zero-order valence-electron chi connectivity index (χ0n) is 9.78. The number of terminal acetylenes is 1. The molecule has 1 heterocycles. The van der Waals surface area contributed by atoms with Gasteiger partial charge in [-0.05, 0) is 43.6 Å². The maximum absolute atomic E-state index is 5.34. The highest BCUT2D eigenvalue weighted by molar-refractivity contribution is 5.34. The Morgan fingerprint density at radius 3 is 2.19 bits per heavy atom. The molecule has 1 aromatic rings. The number of hydrogen-bond donors (Lipinski definition) is 0. The highest BCUT2D eigenvalue weighted by Crippen LogP contribution is 2.13. The molecule has 0 radical (unpaired) electrons. The topological polar surface area (TPSA) is 3.24 Å². The van der Waals surface area contributed by atoms with Gasteiger partial charge in [0.15, 0.2) is 0 Å². The SMILES string of the molecule is C#Cc1ccc(CN2CCCCCC2)cc1. The van der Waals surface area contributed by atoms with Crippen LogP contribution in [0.25, 0.3) is 0 Å². The Hall–Kier alpha value is -1.26. The molecule has 1 fully saturated rings. The van der Waals surface area contributed by atoms with E-state index in [1.165, 1.54) is 44.3 Å². The molecule has 0 unspecified atom stereocenters. The van der Waals surface area contributed by atoms with Gasteiger partial charge < -0.3 is 0 Å². The number of likely N-dealkylation sites (tertiary alicyclic amines) is 1. The second kappa shape index (κ2) is 5.72. The van der Waals surface area contributed by atoms with Crippen molar-refractivity contribution in [2.75, 3.05) is 13.1 Å². The molecule has 16 heavy (non-hydrogen) atoms. The molecule has 1 aromatic carbocycles. The van der Waals surface area contributed by atoms with Gasteiger partial charge in [-0.25, -0.2) is 0 Å². The maximum Gasteiger partial charge on any atom is 0.0242 e. The average molecular weight is 213 g/mol. The van der Waals surface area contributed by atoms with Crippen molar-refractivity contribution >= 4 is 0 Å². The molecule has 0 N–H and O–H groups in total. The molecule has 1 saturated heterocycles. The summed E-state index contributed by atoms with van der Waals surface area (Å²) in [7, 11) is 0. The second-order valence-electron chi connectivity index (χ2n) is 4.53. The first-order chi connectivity index (χ1) is 7.88. The molecular weight excluding hydrogens is 194 g/mol. The van der Waals surface area contributed by atoms with Gasteiger partial charge in [-0.3, -0.25) is 4.90 Å². The van der Waals surface area contributed by atoms with Gasteiger partial charge in [0.2, 0.25) is 0 Å². The monoisotopic (exact) mass is 213 g/mol. The lowest BCUT2D eigenvalue weighted by Gasteiger charge is -2.19. The Morgan fingerprint density at radius 2 is 1.62 bits per heavy atom. The van der Waals surface area contributed by atoms with E-state index in [9.17, 15) is 0 Å². The molecule has 0 aromatic heterocycles. The van der Waals surface area contributed by atoms with Gasteiger partial charge >= 0.3 is 0 Å². The summed E-state index contributed by atoms with van der Waals surface area (Å²) >= 11 is 0. The van der Waals surface area contributed by atoms with Crippen LogP contribution in [0.4, 0.5) is 0 Å². The Morgan fingerprint density at radius 1 is 1.00 bits per heavy atom. The first kappa shape index (κ1) is 11.2. The van der Waals surface area contributed by atoms with E-state index in [0.29, 0.717) is 0 Å². The summed E-state index contributed by atoms with van der Waals surface area (Å²) in [5.74, 6) is 2.65. The highest BCUT2D eigenvalue weighted by Gasteiger charge is 2.08. The Kier molecular flexibility index (Phi) is 4.02. The number of hydrogen-bond acceptors (Lipinski definition) is 1. The minimum atomic E-state index is 0.972. The summed E-state index contributed by atoms with van der Waals surface area (Å²) in [5, 5.41) is 0. The molecule has 1 nitrogen and oxygen atoms in total. The molecule has 0 amide bonds. The van der Waals surface area contributed by atoms with E-state index in [-0.39, 0.29) is 0 Å². The summed E-state index contributed by atoms with van der Waals surface area (Å²) in [5.41, 5.74) is 2.35. The largest absolute Gasteiger partial charge is 0.299 e. The number of rotatable bonds is 2.